The minimum absolute atomic E-state index is 0.128. The first kappa shape index (κ1) is 18.7. The molecule has 0 heterocycles. The Bertz CT molecular complexity index is 818. The summed E-state index contributed by atoms with van der Waals surface area (Å²) < 4.78 is 5.28. The third-order valence-electron chi connectivity index (χ3n) is 3.43. The molecule has 0 bridgehead atoms. The standard InChI is InChI=1S/C18H17N3O5/c1-20-18(25)21-16(23)14(11-5-3-2-4-6-11)26-17(24)13-9-7-12(8-10-13)15(19)22/h2-10,14H,1H3,(H2,19,22)(H2,20,21,23,25)/t14-/m1/s1. The van der Waals surface area contributed by atoms with Gasteiger partial charge in [0, 0.05) is 18.2 Å². The molecule has 2 aromatic rings. The van der Waals surface area contributed by atoms with Crippen molar-refractivity contribution in [2.45, 2.75) is 6.10 Å². The van der Waals surface area contributed by atoms with Gasteiger partial charge in [-0.3, -0.25) is 14.9 Å². The van der Waals surface area contributed by atoms with E-state index in [-0.39, 0.29) is 11.1 Å². The molecule has 8 heteroatoms. The molecule has 1 atom stereocenters. The zero-order chi connectivity index (χ0) is 19.1. The molecule has 0 fully saturated rings. The van der Waals surface area contributed by atoms with Gasteiger partial charge in [0.25, 0.3) is 5.91 Å². The highest BCUT2D eigenvalue weighted by molar-refractivity contribution is 5.99. The van der Waals surface area contributed by atoms with Crippen LogP contribution < -0.4 is 16.4 Å². The highest BCUT2D eigenvalue weighted by atomic mass is 16.5. The van der Waals surface area contributed by atoms with E-state index in [9.17, 15) is 19.2 Å². The maximum atomic E-state index is 12.4. The molecule has 0 saturated heterocycles. The lowest BCUT2D eigenvalue weighted by molar-refractivity contribution is -0.129. The molecule has 0 radical (unpaired) electrons. The fourth-order valence-electron chi connectivity index (χ4n) is 2.09. The molecule has 2 rings (SSSR count). The lowest BCUT2D eigenvalue weighted by atomic mass is 10.1. The lowest BCUT2D eigenvalue weighted by Crippen LogP contribution is -2.41. The molecule has 8 nitrogen and oxygen atoms in total. The minimum atomic E-state index is -1.32. The number of carbonyl (C=O) groups excluding carboxylic acids is 4. The predicted octanol–water partition coefficient (Wildman–Crippen LogP) is 1.14. The van der Waals surface area contributed by atoms with Gasteiger partial charge in [-0.1, -0.05) is 30.3 Å². The Kier molecular flexibility index (Phi) is 6.05. The predicted molar refractivity (Wildman–Crippen MR) is 92.2 cm³/mol. The van der Waals surface area contributed by atoms with E-state index in [1.165, 1.54) is 31.3 Å². The topological polar surface area (TPSA) is 128 Å². The first-order valence-electron chi connectivity index (χ1n) is 7.60. The van der Waals surface area contributed by atoms with E-state index in [1.807, 2.05) is 0 Å². The number of esters is 1. The summed E-state index contributed by atoms with van der Waals surface area (Å²) in [5.41, 5.74) is 5.91. The van der Waals surface area contributed by atoms with Crippen LogP contribution in [-0.2, 0) is 9.53 Å². The van der Waals surface area contributed by atoms with Crippen LogP contribution in [0.3, 0.4) is 0 Å². The number of nitrogens with one attached hydrogen (secondary N) is 2. The van der Waals surface area contributed by atoms with Gasteiger partial charge in [0.2, 0.25) is 12.0 Å². The molecule has 0 aliphatic rings. The van der Waals surface area contributed by atoms with Gasteiger partial charge in [0.05, 0.1) is 5.56 Å². The normalized spacial score (nSPS) is 11.1. The summed E-state index contributed by atoms with van der Waals surface area (Å²) in [5.74, 6) is -2.21. The van der Waals surface area contributed by atoms with Crippen LogP contribution in [0.1, 0.15) is 32.4 Å². The van der Waals surface area contributed by atoms with Crippen molar-refractivity contribution in [3.63, 3.8) is 0 Å². The molecule has 0 aromatic heterocycles. The highest BCUT2D eigenvalue weighted by Crippen LogP contribution is 2.20. The van der Waals surface area contributed by atoms with Crippen molar-refractivity contribution in [1.82, 2.24) is 10.6 Å². The van der Waals surface area contributed by atoms with E-state index in [0.29, 0.717) is 5.56 Å². The number of primary amides is 1. The molecule has 0 aliphatic carbocycles. The van der Waals surface area contributed by atoms with Crippen LogP contribution in [0.5, 0.6) is 0 Å². The Hall–Kier alpha value is -3.68. The molecular weight excluding hydrogens is 338 g/mol. The van der Waals surface area contributed by atoms with Gasteiger partial charge in [-0.05, 0) is 24.3 Å². The number of carbonyl (C=O) groups is 4. The number of amides is 4. The van der Waals surface area contributed by atoms with Crippen molar-refractivity contribution in [2.24, 2.45) is 5.73 Å². The summed E-state index contributed by atoms with van der Waals surface area (Å²) in [7, 11) is 1.35. The van der Waals surface area contributed by atoms with E-state index in [0.717, 1.165) is 0 Å². The van der Waals surface area contributed by atoms with Crippen LogP contribution in [0, 0.1) is 0 Å². The maximum absolute atomic E-state index is 12.4. The molecule has 26 heavy (non-hydrogen) atoms. The zero-order valence-corrected chi connectivity index (χ0v) is 13.9. The monoisotopic (exact) mass is 355 g/mol. The smallest absolute Gasteiger partial charge is 0.339 e. The number of nitrogens with two attached hydrogens (primary N) is 1. The van der Waals surface area contributed by atoms with Crippen LogP contribution in [0.25, 0.3) is 0 Å². The Morgan fingerprint density at radius 3 is 2.04 bits per heavy atom. The number of benzene rings is 2. The summed E-state index contributed by atoms with van der Waals surface area (Å²) in [4.78, 5) is 47.1. The van der Waals surface area contributed by atoms with Crippen molar-refractivity contribution < 1.29 is 23.9 Å². The Morgan fingerprint density at radius 1 is 0.923 bits per heavy atom. The summed E-state index contributed by atoms with van der Waals surface area (Å²) in [5, 5.41) is 4.33. The average Bonchev–Trinajstić information content (AvgIpc) is 2.66. The van der Waals surface area contributed by atoms with Gasteiger partial charge in [-0.15, -0.1) is 0 Å². The van der Waals surface area contributed by atoms with Crippen LogP contribution in [0.2, 0.25) is 0 Å². The lowest BCUT2D eigenvalue weighted by Gasteiger charge is -2.17. The second kappa shape index (κ2) is 8.43. The molecule has 0 saturated carbocycles. The molecule has 0 spiro atoms. The number of imide groups is 1. The number of urea groups is 1. The summed E-state index contributed by atoms with van der Waals surface area (Å²) in [6.07, 6.45) is -1.32. The first-order chi connectivity index (χ1) is 12.4. The van der Waals surface area contributed by atoms with Crippen LogP contribution in [0.4, 0.5) is 4.79 Å². The molecule has 0 unspecified atom stereocenters. The van der Waals surface area contributed by atoms with Gasteiger partial charge >= 0.3 is 12.0 Å². The van der Waals surface area contributed by atoms with Gasteiger partial charge < -0.3 is 15.8 Å². The molecule has 2 aromatic carbocycles. The van der Waals surface area contributed by atoms with Crippen molar-refractivity contribution in [3.05, 3.63) is 71.3 Å². The van der Waals surface area contributed by atoms with Crippen molar-refractivity contribution in [2.75, 3.05) is 7.05 Å². The summed E-state index contributed by atoms with van der Waals surface area (Å²) >= 11 is 0. The van der Waals surface area contributed by atoms with E-state index in [1.54, 1.807) is 30.3 Å². The number of hydrogen-bond acceptors (Lipinski definition) is 5. The molecule has 4 N–H and O–H groups in total. The Labute approximate surface area is 149 Å². The van der Waals surface area contributed by atoms with Crippen LogP contribution >= 0.6 is 0 Å². The Morgan fingerprint density at radius 2 is 1.50 bits per heavy atom. The quantitative estimate of drug-likeness (QED) is 0.693. The Balaban J connectivity index is 2.22. The van der Waals surface area contributed by atoms with E-state index < -0.39 is 29.9 Å². The van der Waals surface area contributed by atoms with Gasteiger partial charge in [0.1, 0.15) is 0 Å². The molecule has 4 amide bonds. The highest BCUT2D eigenvalue weighted by Gasteiger charge is 2.26. The molecule has 134 valence electrons. The van der Waals surface area contributed by atoms with Gasteiger partial charge in [-0.2, -0.15) is 0 Å². The maximum Gasteiger partial charge on any atom is 0.339 e. The van der Waals surface area contributed by atoms with Gasteiger partial charge in [0.15, 0.2) is 0 Å². The van der Waals surface area contributed by atoms with E-state index in [4.69, 9.17) is 10.5 Å². The number of rotatable bonds is 5. The van der Waals surface area contributed by atoms with Crippen molar-refractivity contribution >= 4 is 23.8 Å². The first-order valence-corrected chi connectivity index (χ1v) is 7.60. The number of ether oxygens (including phenoxy) is 1. The van der Waals surface area contributed by atoms with Crippen molar-refractivity contribution in [1.29, 1.82) is 0 Å². The fourth-order valence-corrected chi connectivity index (χ4v) is 2.09. The third kappa shape index (κ3) is 4.67. The average molecular weight is 355 g/mol. The summed E-state index contributed by atoms with van der Waals surface area (Å²) in [6, 6.07) is 13.0. The fraction of sp³-hybridized carbons (Fsp3) is 0.111. The second-order valence-electron chi connectivity index (χ2n) is 5.21. The van der Waals surface area contributed by atoms with E-state index in [2.05, 4.69) is 10.6 Å². The largest absolute Gasteiger partial charge is 0.444 e. The van der Waals surface area contributed by atoms with Crippen molar-refractivity contribution in [3.8, 4) is 0 Å². The third-order valence-corrected chi connectivity index (χ3v) is 3.43. The van der Waals surface area contributed by atoms with Crippen LogP contribution in [-0.4, -0.2) is 30.9 Å². The second-order valence-corrected chi connectivity index (χ2v) is 5.21. The molecular formula is C18H17N3O5. The van der Waals surface area contributed by atoms with E-state index >= 15 is 0 Å². The SMILES string of the molecule is CNC(=O)NC(=O)[C@H](OC(=O)c1ccc(C(N)=O)cc1)c1ccccc1. The molecule has 0 aliphatic heterocycles. The number of hydrogen-bond donors (Lipinski definition) is 3. The van der Waals surface area contributed by atoms with Gasteiger partial charge in [-0.25, -0.2) is 9.59 Å². The summed E-state index contributed by atoms with van der Waals surface area (Å²) in [6.45, 7) is 0. The van der Waals surface area contributed by atoms with Crippen LogP contribution in [0.15, 0.2) is 54.6 Å². The zero-order valence-electron chi connectivity index (χ0n) is 13.9. The minimum Gasteiger partial charge on any atom is -0.444 e.